The van der Waals surface area contributed by atoms with Gasteiger partial charge in [0.1, 0.15) is 12.4 Å². The maximum atomic E-state index is 10.8. The van der Waals surface area contributed by atoms with Gasteiger partial charge in [0.25, 0.3) is 0 Å². The Balaban J connectivity index is 0.00000280. The van der Waals surface area contributed by atoms with Gasteiger partial charge in [-0.05, 0) is 48.2 Å². The molecular weight excluding hydrogens is 378 g/mol. The second kappa shape index (κ2) is 10.5. The monoisotopic (exact) mass is 405 g/mol. The van der Waals surface area contributed by atoms with E-state index in [-0.39, 0.29) is 24.9 Å². The smallest absolute Gasteiger partial charge is 0.304 e. The standard InChI is InChI=1S/C22H27NO4.ClH/c1-16-4-3-5-17(2)20(16)15-27-19-8-6-18(7-9-19)21-14-23(12-13-26-21)11-10-22(24)25;/h3-9,21H,10-15H2,1-2H3,(H,24,25);1H. The topological polar surface area (TPSA) is 59.0 Å². The number of ether oxygens (including phenoxy) is 2. The molecule has 0 amide bonds. The van der Waals surface area contributed by atoms with E-state index in [9.17, 15) is 4.79 Å². The van der Waals surface area contributed by atoms with Crippen molar-refractivity contribution in [3.05, 3.63) is 64.7 Å². The van der Waals surface area contributed by atoms with E-state index in [1.54, 1.807) is 0 Å². The van der Waals surface area contributed by atoms with Gasteiger partial charge in [0.15, 0.2) is 0 Å². The first-order valence-corrected chi connectivity index (χ1v) is 9.36. The van der Waals surface area contributed by atoms with Gasteiger partial charge < -0.3 is 14.6 Å². The molecule has 1 unspecified atom stereocenters. The Kier molecular flexibility index (Phi) is 8.30. The number of nitrogens with zero attached hydrogens (tertiary/aromatic N) is 1. The van der Waals surface area contributed by atoms with Crippen molar-refractivity contribution in [2.75, 3.05) is 26.2 Å². The lowest BCUT2D eigenvalue weighted by molar-refractivity contribution is -0.137. The molecule has 28 heavy (non-hydrogen) atoms. The summed E-state index contributed by atoms with van der Waals surface area (Å²) < 4.78 is 11.8. The fourth-order valence-corrected chi connectivity index (χ4v) is 3.37. The van der Waals surface area contributed by atoms with Crippen LogP contribution in [-0.4, -0.2) is 42.2 Å². The Morgan fingerprint density at radius 3 is 2.50 bits per heavy atom. The summed E-state index contributed by atoms with van der Waals surface area (Å²) in [4.78, 5) is 12.9. The molecule has 1 aliphatic rings. The predicted octanol–water partition coefficient (Wildman–Crippen LogP) is 4.15. The van der Waals surface area contributed by atoms with Crippen molar-refractivity contribution < 1.29 is 19.4 Å². The van der Waals surface area contributed by atoms with Crippen molar-refractivity contribution >= 4 is 18.4 Å². The maximum absolute atomic E-state index is 10.8. The molecule has 1 N–H and O–H groups in total. The lowest BCUT2D eigenvalue weighted by Gasteiger charge is -2.32. The van der Waals surface area contributed by atoms with Crippen LogP contribution in [0.4, 0.5) is 0 Å². The highest BCUT2D eigenvalue weighted by Crippen LogP contribution is 2.25. The van der Waals surface area contributed by atoms with Crippen LogP contribution >= 0.6 is 12.4 Å². The summed E-state index contributed by atoms with van der Waals surface area (Å²) >= 11 is 0. The molecule has 2 aromatic rings. The number of carboxylic acid groups (broad SMARTS) is 1. The van der Waals surface area contributed by atoms with Crippen LogP contribution in [0.15, 0.2) is 42.5 Å². The van der Waals surface area contributed by atoms with Crippen LogP contribution in [0.3, 0.4) is 0 Å². The van der Waals surface area contributed by atoms with Crippen molar-refractivity contribution in [1.82, 2.24) is 4.90 Å². The number of hydrogen-bond acceptors (Lipinski definition) is 4. The van der Waals surface area contributed by atoms with E-state index < -0.39 is 5.97 Å². The summed E-state index contributed by atoms with van der Waals surface area (Å²) in [5.74, 6) is 0.0726. The molecule has 3 rings (SSSR count). The average Bonchev–Trinajstić information content (AvgIpc) is 2.67. The number of rotatable bonds is 7. The van der Waals surface area contributed by atoms with Crippen LogP contribution in [0.25, 0.3) is 0 Å². The summed E-state index contributed by atoms with van der Waals surface area (Å²) in [7, 11) is 0. The molecule has 0 bridgehead atoms. The number of carbonyl (C=O) groups is 1. The minimum atomic E-state index is -0.761. The second-order valence-electron chi connectivity index (χ2n) is 7.03. The molecule has 2 aromatic carbocycles. The third-order valence-electron chi connectivity index (χ3n) is 5.07. The van der Waals surface area contributed by atoms with Crippen LogP contribution in [-0.2, 0) is 16.1 Å². The fourth-order valence-electron chi connectivity index (χ4n) is 3.37. The number of halogens is 1. The highest BCUT2D eigenvalue weighted by molar-refractivity contribution is 5.85. The Morgan fingerprint density at radius 2 is 1.86 bits per heavy atom. The minimum absolute atomic E-state index is 0. The molecule has 0 radical (unpaired) electrons. The zero-order chi connectivity index (χ0) is 19.2. The SMILES string of the molecule is Cc1cccc(C)c1COc1ccc(C2CN(CCC(=O)O)CCO2)cc1.Cl. The quantitative estimate of drug-likeness (QED) is 0.749. The summed E-state index contributed by atoms with van der Waals surface area (Å²) in [6, 6.07) is 14.3. The Hall–Kier alpha value is -2.08. The van der Waals surface area contributed by atoms with Gasteiger partial charge in [0.05, 0.1) is 19.1 Å². The van der Waals surface area contributed by atoms with Crippen LogP contribution in [0.1, 0.15) is 34.8 Å². The Morgan fingerprint density at radius 1 is 1.18 bits per heavy atom. The minimum Gasteiger partial charge on any atom is -0.489 e. The first kappa shape index (κ1) is 22.2. The van der Waals surface area contributed by atoms with Crippen LogP contribution in [0.5, 0.6) is 5.75 Å². The third-order valence-corrected chi connectivity index (χ3v) is 5.07. The predicted molar refractivity (Wildman–Crippen MR) is 111 cm³/mol. The highest BCUT2D eigenvalue weighted by Gasteiger charge is 2.22. The molecule has 0 spiro atoms. The zero-order valence-electron chi connectivity index (χ0n) is 16.4. The van der Waals surface area contributed by atoms with Crippen molar-refractivity contribution in [2.24, 2.45) is 0 Å². The summed E-state index contributed by atoms with van der Waals surface area (Å²) in [6.45, 7) is 7.44. The van der Waals surface area contributed by atoms with Crippen molar-refractivity contribution in [2.45, 2.75) is 33.0 Å². The molecule has 5 nitrogen and oxygen atoms in total. The number of morpholine rings is 1. The number of benzene rings is 2. The van der Waals surface area contributed by atoms with E-state index in [4.69, 9.17) is 14.6 Å². The second-order valence-corrected chi connectivity index (χ2v) is 7.03. The van der Waals surface area contributed by atoms with Gasteiger partial charge >= 0.3 is 5.97 Å². The Bertz CT molecular complexity index is 758. The lowest BCUT2D eigenvalue weighted by atomic mass is 10.0. The molecule has 1 aliphatic heterocycles. The lowest BCUT2D eigenvalue weighted by Crippen LogP contribution is -2.39. The van der Waals surface area contributed by atoms with Crippen molar-refractivity contribution in [3.63, 3.8) is 0 Å². The van der Waals surface area contributed by atoms with E-state index in [2.05, 4.69) is 36.9 Å². The van der Waals surface area contributed by atoms with Gasteiger partial charge in [-0.1, -0.05) is 30.3 Å². The summed E-state index contributed by atoms with van der Waals surface area (Å²) in [5.41, 5.74) is 4.80. The van der Waals surface area contributed by atoms with E-state index in [0.717, 1.165) is 24.4 Å². The Labute approximate surface area is 172 Å². The number of aryl methyl sites for hydroxylation is 2. The first-order chi connectivity index (χ1) is 13.0. The highest BCUT2D eigenvalue weighted by atomic mass is 35.5. The van der Waals surface area contributed by atoms with Crippen LogP contribution in [0, 0.1) is 13.8 Å². The molecule has 1 saturated heterocycles. The van der Waals surface area contributed by atoms with Gasteiger partial charge in [-0.2, -0.15) is 0 Å². The third kappa shape index (κ3) is 5.96. The van der Waals surface area contributed by atoms with E-state index in [1.165, 1.54) is 16.7 Å². The molecule has 152 valence electrons. The molecule has 0 aromatic heterocycles. The zero-order valence-corrected chi connectivity index (χ0v) is 17.2. The van der Waals surface area contributed by atoms with Gasteiger partial charge in [0, 0.05) is 19.6 Å². The van der Waals surface area contributed by atoms with E-state index in [1.807, 2.05) is 24.3 Å². The molecule has 0 aliphatic carbocycles. The first-order valence-electron chi connectivity index (χ1n) is 9.36. The van der Waals surface area contributed by atoms with Crippen molar-refractivity contribution in [1.29, 1.82) is 0 Å². The molecular formula is C22H28ClNO4. The largest absolute Gasteiger partial charge is 0.489 e. The molecule has 1 atom stereocenters. The van der Waals surface area contributed by atoms with E-state index in [0.29, 0.717) is 19.8 Å². The van der Waals surface area contributed by atoms with Gasteiger partial charge in [-0.25, -0.2) is 0 Å². The van der Waals surface area contributed by atoms with Gasteiger partial charge in [0.2, 0.25) is 0 Å². The number of carboxylic acids is 1. The molecule has 1 fully saturated rings. The normalized spacial score (nSPS) is 17.0. The molecule has 1 heterocycles. The molecule has 6 heteroatoms. The fraction of sp³-hybridized carbons (Fsp3) is 0.409. The van der Waals surface area contributed by atoms with E-state index >= 15 is 0 Å². The molecule has 0 saturated carbocycles. The number of hydrogen-bond donors (Lipinski definition) is 1. The van der Waals surface area contributed by atoms with Crippen molar-refractivity contribution in [3.8, 4) is 5.75 Å². The van der Waals surface area contributed by atoms with Gasteiger partial charge in [-0.15, -0.1) is 12.4 Å². The van der Waals surface area contributed by atoms with Crippen LogP contribution in [0.2, 0.25) is 0 Å². The number of aliphatic carboxylic acids is 1. The summed E-state index contributed by atoms with van der Waals surface area (Å²) in [5, 5.41) is 8.85. The average molecular weight is 406 g/mol. The maximum Gasteiger partial charge on any atom is 0.304 e. The summed E-state index contributed by atoms with van der Waals surface area (Å²) in [6.07, 6.45) is 0.137. The van der Waals surface area contributed by atoms with Gasteiger partial charge in [-0.3, -0.25) is 9.69 Å². The van der Waals surface area contributed by atoms with Crippen LogP contribution < -0.4 is 4.74 Å².